The zero-order valence-electron chi connectivity index (χ0n) is 18.4. The summed E-state index contributed by atoms with van der Waals surface area (Å²) in [6, 6.07) is 41.9. The zero-order valence-corrected chi connectivity index (χ0v) is 18.4. The second-order valence-corrected chi connectivity index (χ2v) is 9.17. The van der Waals surface area contributed by atoms with Gasteiger partial charge in [-0.05, 0) is 70.1 Å². The van der Waals surface area contributed by atoms with E-state index in [1.165, 1.54) is 70.8 Å². The van der Waals surface area contributed by atoms with Gasteiger partial charge in [0.15, 0.2) is 0 Å². The fourth-order valence-corrected chi connectivity index (χ4v) is 5.64. The van der Waals surface area contributed by atoms with Crippen molar-refractivity contribution in [3.63, 3.8) is 0 Å². The summed E-state index contributed by atoms with van der Waals surface area (Å²) < 4.78 is 2.40. The molecule has 2 heteroatoms. The Morgan fingerprint density at radius 3 is 1.65 bits per heavy atom. The van der Waals surface area contributed by atoms with Crippen LogP contribution in [0.4, 0.5) is 0 Å². The van der Waals surface area contributed by atoms with Crippen LogP contribution in [0.2, 0.25) is 0 Å². The molecule has 2 heterocycles. The largest absolute Gasteiger partial charge is 0.354 e. The van der Waals surface area contributed by atoms with E-state index in [0.717, 1.165) is 0 Å². The first kappa shape index (κ1) is 17.9. The molecule has 8 rings (SSSR count). The van der Waals surface area contributed by atoms with E-state index in [4.69, 9.17) is 0 Å². The van der Waals surface area contributed by atoms with Crippen molar-refractivity contribution < 1.29 is 0 Å². The highest BCUT2D eigenvalue weighted by atomic mass is 15.0. The summed E-state index contributed by atoms with van der Waals surface area (Å²) in [7, 11) is 0. The number of nitrogens with one attached hydrogen (secondary N) is 1. The van der Waals surface area contributed by atoms with Crippen LogP contribution in [0.1, 0.15) is 0 Å². The van der Waals surface area contributed by atoms with Gasteiger partial charge in [-0.2, -0.15) is 0 Å². The highest BCUT2D eigenvalue weighted by Crippen LogP contribution is 2.39. The number of aromatic amines is 1. The first-order chi connectivity index (χ1) is 16.8. The van der Waals surface area contributed by atoms with Crippen molar-refractivity contribution in [2.45, 2.75) is 0 Å². The third-order valence-corrected chi connectivity index (χ3v) is 7.23. The molecule has 0 atom stereocenters. The highest BCUT2D eigenvalue weighted by Gasteiger charge is 2.16. The molecule has 34 heavy (non-hydrogen) atoms. The molecule has 0 spiro atoms. The van der Waals surface area contributed by atoms with Gasteiger partial charge in [0.05, 0.1) is 11.0 Å². The Kier molecular flexibility index (Phi) is 3.42. The fraction of sp³-hybridized carbons (Fsp3) is 0. The van der Waals surface area contributed by atoms with Gasteiger partial charge in [0.2, 0.25) is 0 Å². The van der Waals surface area contributed by atoms with Gasteiger partial charge < -0.3 is 9.55 Å². The standard InChI is InChI=1S/C32H20N2/c1-2-12-24(13-3-1)34-31-17-23-11-7-5-9-21(23)15-27(31)28-18-26-25-14-20-8-4-6-10-22(20)16-29(25)33-30(26)19-32(28)34/h1-19,33H. The van der Waals surface area contributed by atoms with Gasteiger partial charge in [0.1, 0.15) is 0 Å². The number of nitrogens with zero attached hydrogens (tertiary/aromatic N) is 1. The fourth-order valence-electron chi connectivity index (χ4n) is 5.64. The third kappa shape index (κ3) is 2.40. The molecule has 0 unspecified atom stereocenters. The monoisotopic (exact) mass is 432 g/mol. The molecule has 0 saturated heterocycles. The lowest BCUT2D eigenvalue weighted by molar-refractivity contribution is 1.18. The second-order valence-electron chi connectivity index (χ2n) is 9.17. The number of fused-ring (bicyclic) bond motifs is 8. The zero-order chi connectivity index (χ0) is 22.2. The summed E-state index contributed by atoms with van der Waals surface area (Å²) in [5.41, 5.74) is 5.99. The van der Waals surface area contributed by atoms with E-state index in [0.29, 0.717) is 0 Å². The maximum Gasteiger partial charge on any atom is 0.0562 e. The van der Waals surface area contributed by atoms with Crippen molar-refractivity contribution in [2.75, 3.05) is 0 Å². The number of hydrogen-bond donors (Lipinski definition) is 1. The number of rotatable bonds is 1. The summed E-state index contributed by atoms with van der Waals surface area (Å²) in [6.45, 7) is 0. The Balaban J connectivity index is 1.57. The van der Waals surface area contributed by atoms with Crippen molar-refractivity contribution in [3.05, 3.63) is 115 Å². The number of aromatic nitrogens is 2. The molecule has 0 aliphatic carbocycles. The Bertz CT molecular complexity index is 2060. The Labute approximate surface area is 195 Å². The number of hydrogen-bond acceptors (Lipinski definition) is 0. The highest BCUT2D eigenvalue weighted by molar-refractivity contribution is 6.21. The average Bonchev–Trinajstić information content (AvgIpc) is 3.38. The molecule has 158 valence electrons. The molecule has 0 amide bonds. The molecule has 2 aromatic heterocycles. The van der Waals surface area contributed by atoms with Crippen LogP contribution in [-0.2, 0) is 0 Å². The van der Waals surface area contributed by atoms with Crippen molar-refractivity contribution in [2.24, 2.45) is 0 Å². The number of H-pyrrole nitrogens is 1. The molecule has 6 aromatic carbocycles. The minimum absolute atomic E-state index is 1.17. The topological polar surface area (TPSA) is 20.7 Å². The second kappa shape index (κ2) is 6.49. The molecule has 0 bridgehead atoms. The molecular weight excluding hydrogens is 412 g/mol. The van der Waals surface area contributed by atoms with E-state index < -0.39 is 0 Å². The Morgan fingerprint density at radius 1 is 0.412 bits per heavy atom. The van der Waals surface area contributed by atoms with Crippen LogP contribution in [0.3, 0.4) is 0 Å². The summed E-state index contributed by atoms with van der Waals surface area (Å²) >= 11 is 0. The predicted octanol–water partition coefficient (Wildman–Crippen LogP) is 8.72. The smallest absolute Gasteiger partial charge is 0.0562 e. The molecule has 0 radical (unpaired) electrons. The first-order valence-corrected chi connectivity index (χ1v) is 11.7. The Hall–Kier alpha value is -4.56. The van der Waals surface area contributed by atoms with E-state index in [1.54, 1.807) is 0 Å². The summed E-state index contributed by atoms with van der Waals surface area (Å²) in [4.78, 5) is 3.70. The van der Waals surface area contributed by atoms with Gasteiger partial charge in [0, 0.05) is 38.3 Å². The molecule has 8 aromatic rings. The van der Waals surface area contributed by atoms with Crippen molar-refractivity contribution >= 4 is 65.2 Å². The van der Waals surface area contributed by atoms with Crippen molar-refractivity contribution in [1.29, 1.82) is 0 Å². The van der Waals surface area contributed by atoms with Crippen molar-refractivity contribution in [3.8, 4) is 5.69 Å². The minimum atomic E-state index is 1.17. The summed E-state index contributed by atoms with van der Waals surface area (Å²) in [5, 5.41) is 10.2. The van der Waals surface area contributed by atoms with E-state index in [2.05, 4.69) is 125 Å². The molecule has 0 aliphatic heterocycles. The van der Waals surface area contributed by atoms with E-state index in [9.17, 15) is 0 Å². The SMILES string of the molecule is c1ccc(-n2c3cc4ccccc4cc3c3cc4c(cc32)[nH]c2cc3ccccc3cc24)cc1. The number of para-hydroxylation sites is 1. The van der Waals surface area contributed by atoms with Crippen LogP contribution >= 0.6 is 0 Å². The third-order valence-electron chi connectivity index (χ3n) is 7.23. The molecule has 0 aliphatic rings. The van der Waals surface area contributed by atoms with Crippen LogP contribution in [0.25, 0.3) is 70.8 Å². The van der Waals surface area contributed by atoms with Crippen LogP contribution in [0.15, 0.2) is 115 Å². The van der Waals surface area contributed by atoms with Crippen LogP contribution < -0.4 is 0 Å². The van der Waals surface area contributed by atoms with E-state index >= 15 is 0 Å². The molecule has 2 nitrogen and oxygen atoms in total. The summed E-state index contributed by atoms with van der Waals surface area (Å²) in [6.07, 6.45) is 0. The molecule has 0 saturated carbocycles. The molecule has 1 N–H and O–H groups in total. The average molecular weight is 433 g/mol. The predicted molar refractivity (Wildman–Crippen MR) is 145 cm³/mol. The maximum absolute atomic E-state index is 3.70. The van der Waals surface area contributed by atoms with Gasteiger partial charge in [-0.25, -0.2) is 0 Å². The quantitative estimate of drug-likeness (QED) is 0.268. The van der Waals surface area contributed by atoms with Gasteiger partial charge in [-0.1, -0.05) is 66.7 Å². The van der Waals surface area contributed by atoms with Gasteiger partial charge >= 0.3 is 0 Å². The lowest BCUT2D eigenvalue weighted by Crippen LogP contribution is -1.93. The lowest BCUT2D eigenvalue weighted by Gasteiger charge is -2.08. The first-order valence-electron chi connectivity index (χ1n) is 11.7. The maximum atomic E-state index is 3.70. The molecule has 0 fully saturated rings. The van der Waals surface area contributed by atoms with E-state index in [-0.39, 0.29) is 0 Å². The van der Waals surface area contributed by atoms with Crippen LogP contribution in [0, 0.1) is 0 Å². The normalized spacial score (nSPS) is 12.1. The van der Waals surface area contributed by atoms with Crippen LogP contribution in [-0.4, -0.2) is 9.55 Å². The minimum Gasteiger partial charge on any atom is -0.354 e. The van der Waals surface area contributed by atoms with Crippen LogP contribution in [0.5, 0.6) is 0 Å². The van der Waals surface area contributed by atoms with E-state index in [1.807, 2.05) is 0 Å². The van der Waals surface area contributed by atoms with Crippen molar-refractivity contribution in [1.82, 2.24) is 9.55 Å². The van der Waals surface area contributed by atoms with Gasteiger partial charge in [0.25, 0.3) is 0 Å². The lowest BCUT2D eigenvalue weighted by atomic mass is 10.0. The molecular formula is C32H20N2. The summed E-state index contributed by atoms with van der Waals surface area (Å²) in [5.74, 6) is 0. The number of benzene rings is 6. The van der Waals surface area contributed by atoms with Gasteiger partial charge in [-0.15, -0.1) is 0 Å². The Morgan fingerprint density at radius 2 is 0.912 bits per heavy atom. The van der Waals surface area contributed by atoms with Gasteiger partial charge in [-0.3, -0.25) is 0 Å².